The van der Waals surface area contributed by atoms with Crippen molar-refractivity contribution in [3.05, 3.63) is 60.8 Å². The van der Waals surface area contributed by atoms with Gasteiger partial charge in [0.15, 0.2) is 5.82 Å². The molecule has 0 fully saturated rings. The predicted octanol–water partition coefficient (Wildman–Crippen LogP) is 3.99. The molecule has 0 atom stereocenters. The number of sulfonamides is 1. The Balaban J connectivity index is 1.68. The number of anilines is 4. The van der Waals surface area contributed by atoms with E-state index < -0.39 is 22.1 Å². The number of halogens is 3. The van der Waals surface area contributed by atoms with Crippen LogP contribution in [0.3, 0.4) is 0 Å². The van der Waals surface area contributed by atoms with Gasteiger partial charge in [0.2, 0.25) is 0 Å². The Morgan fingerprint density at radius 2 is 1.58 bits per heavy atom. The molecule has 2 aromatic carbocycles. The Labute approximate surface area is 176 Å². The molecular formula is C19H18F3N5O3S. The highest BCUT2D eigenvalue weighted by molar-refractivity contribution is 7.92. The Bertz CT molecular complexity index is 1140. The van der Waals surface area contributed by atoms with Gasteiger partial charge < -0.3 is 15.0 Å². The molecule has 0 unspecified atom stereocenters. The van der Waals surface area contributed by atoms with Gasteiger partial charge in [-0.3, -0.25) is 4.72 Å². The highest BCUT2D eigenvalue weighted by Crippen LogP contribution is 2.25. The zero-order chi connectivity index (χ0) is 22.6. The van der Waals surface area contributed by atoms with E-state index in [0.717, 1.165) is 30.0 Å². The minimum atomic E-state index is -4.85. The van der Waals surface area contributed by atoms with Crippen molar-refractivity contribution in [1.29, 1.82) is 0 Å². The summed E-state index contributed by atoms with van der Waals surface area (Å²) < 4.78 is 67.7. The van der Waals surface area contributed by atoms with Crippen LogP contribution >= 0.6 is 0 Å². The first-order valence-corrected chi connectivity index (χ1v) is 10.3. The third-order valence-electron chi connectivity index (χ3n) is 3.93. The molecule has 2 N–H and O–H groups in total. The molecule has 0 bridgehead atoms. The lowest BCUT2D eigenvalue weighted by Crippen LogP contribution is -2.17. The van der Waals surface area contributed by atoms with Crippen molar-refractivity contribution in [3.63, 3.8) is 0 Å². The lowest BCUT2D eigenvalue weighted by Gasteiger charge is -2.13. The van der Waals surface area contributed by atoms with Crippen LogP contribution in [0.5, 0.6) is 5.75 Å². The Kier molecular flexibility index (Phi) is 6.20. The number of nitrogens with zero attached hydrogens (tertiary/aromatic N) is 3. The molecule has 31 heavy (non-hydrogen) atoms. The van der Waals surface area contributed by atoms with Crippen LogP contribution in [0.2, 0.25) is 0 Å². The first-order chi connectivity index (χ1) is 14.5. The maximum absolute atomic E-state index is 12.5. The van der Waals surface area contributed by atoms with E-state index in [1.165, 1.54) is 12.1 Å². The zero-order valence-corrected chi connectivity index (χ0v) is 17.2. The van der Waals surface area contributed by atoms with E-state index >= 15 is 0 Å². The average molecular weight is 453 g/mol. The second kappa shape index (κ2) is 8.68. The molecule has 3 aromatic rings. The summed E-state index contributed by atoms with van der Waals surface area (Å²) in [7, 11) is -0.249. The Hall–Kier alpha value is -3.54. The molecule has 0 radical (unpaired) electrons. The molecule has 0 saturated carbocycles. The van der Waals surface area contributed by atoms with Gasteiger partial charge in [-0.25, -0.2) is 8.42 Å². The van der Waals surface area contributed by atoms with Gasteiger partial charge in [-0.1, -0.05) is 0 Å². The van der Waals surface area contributed by atoms with Gasteiger partial charge >= 0.3 is 6.36 Å². The minimum Gasteiger partial charge on any atom is -0.406 e. The number of alkyl halides is 3. The summed E-state index contributed by atoms with van der Waals surface area (Å²) >= 11 is 0. The molecule has 0 saturated heterocycles. The number of benzene rings is 2. The topological polar surface area (TPSA) is 96.5 Å². The minimum absolute atomic E-state index is 0.208. The van der Waals surface area contributed by atoms with Gasteiger partial charge in [-0.15, -0.1) is 18.3 Å². The summed E-state index contributed by atoms with van der Waals surface area (Å²) in [5.41, 5.74) is 1.78. The van der Waals surface area contributed by atoms with Crippen molar-refractivity contribution in [2.24, 2.45) is 0 Å². The van der Waals surface area contributed by atoms with E-state index in [1.807, 2.05) is 19.0 Å². The van der Waals surface area contributed by atoms with Crippen molar-refractivity contribution >= 4 is 32.9 Å². The standard InChI is InChI=1S/C19H18F3N5O3S/c1-27(2)15-11-18(25-23-12-15)24-13-3-5-14(6-4-13)26-31(28,29)17-9-7-16(8-10-17)30-19(20,21)22/h3-12,26H,1-2H3,(H,24,25). The smallest absolute Gasteiger partial charge is 0.406 e. The largest absolute Gasteiger partial charge is 0.573 e. The van der Waals surface area contributed by atoms with Crippen LogP contribution in [0.4, 0.5) is 36.1 Å². The van der Waals surface area contributed by atoms with E-state index in [2.05, 4.69) is 25.0 Å². The molecule has 164 valence electrons. The molecule has 0 aliphatic carbocycles. The molecule has 3 rings (SSSR count). The van der Waals surface area contributed by atoms with Crippen LogP contribution in [-0.4, -0.2) is 39.1 Å². The maximum atomic E-state index is 12.5. The van der Waals surface area contributed by atoms with Gasteiger partial charge in [-0.2, -0.15) is 5.10 Å². The normalized spacial score (nSPS) is 11.6. The molecule has 12 heteroatoms. The molecule has 0 aliphatic rings. The summed E-state index contributed by atoms with van der Waals surface area (Å²) in [6.45, 7) is 0. The molecule has 0 spiro atoms. The third-order valence-corrected chi connectivity index (χ3v) is 5.33. The maximum Gasteiger partial charge on any atom is 0.573 e. The highest BCUT2D eigenvalue weighted by atomic mass is 32.2. The van der Waals surface area contributed by atoms with E-state index in [0.29, 0.717) is 11.5 Å². The highest BCUT2D eigenvalue weighted by Gasteiger charge is 2.31. The average Bonchev–Trinajstić information content (AvgIpc) is 2.69. The monoisotopic (exact) mass is 453 g/mol. The number of nitrogens with one attached hydrogen (secondary N) is 2. The van der Waals surface area contributed by atoms with Crippen LogP contribution in [-0.2, 0) is 10.0 Å². The zero-order valence-electron chi connectivity index (χ0n) is 16.4. The van der Waals surface area contributed by atoms with Gasteiger partial charge in [0.25, 0.3) is 10.0 Å². The van der Waals surface area contributed by atoms with Gasteiger partial charge in [0.05, 0.1) is 16.8 Å². The number of rotatable bonds is 7. The lowest BCUT2D eigenvalue weighted by molar-refractivity contribution is -0.274. The van der Waals surface area contributed by atoms with Crippen molar-refractivity contribution < 1.29 is 26.3 Å². The van der Waals surface area contributed by atoms with Crippen molar-refractivity contribution in [2.75, 3.05) is 29.0 Å². The van der Waals surface area contributed by atoms with Crippen LogP contribution in [0, 0.1) is 0 Å². The molecule has 0 amide bonds. The molecular weight excluding hydrogens is 435 g/mol. The van der Waals surface area contributed by atoms with Crippen LogP contribution < -0.4 is 19.7 Å². The number of ether oxygens (including phenoxy) is 1. The van der Waals surface area contributed by atoms with Crippen LogP contribution in [0.1, 0.15) is 0 Å². The van der Waals surface area contributed by atoms with Gasteiger partial charge in [0, 0.05) is 31.5 Å². The van der Waals surface area contributed by atoms with E-state index in [-0.39, 0.29) is 10.6 Å². The second-order valence-corrected chi connectivity index (χ2v) is 8.20. The number of hydrogen-bond acceptors (Lipinski definition) is 7. The summed E-state index contributed by atoms with van der Waals surface area (Å²) in [4.78, 5) is 1.67. The Morgan fingerprint density at radius 1 is 0.968 bits per heavy atom. The van der Waals surface area contributed by atoms with E-state index in [9.17, 15) is 21.6 Å². The molecule has 0 aliphatic heterocycles. The second-order valence-electron chi connectivity index (χ2n) is 6.52. The van der Waals surface area contributed by atoms with Crippen LogP contribution in [0.25, 0.3) is 0 Å². The SMILES string of the molecule is CN(C)c1cnnc(Nc2ccc(NS(=O)(=O)c3ccc(OC(F)(F)F)cc3)cc2)c1. The van der Waals surface area contributed by atoms with Gasteiger partial charge in [0.1, 0.15) is 5.75 Å². The van der Waals surface area contributed by atoms with Crippen molar-refractivity contribution in [3.8, 4) is 5.75 Å². The molecule has 1 aromatic heterocycles. The quantitative estimate of drug-likeness (QED) is 0.559. The molecule has 1 heterocycles. The van der Waals surface area contributed by atoms with Crippen LogP contribution in [0.15, 0.2) is 65.7 Å². The summed E-state index contributed by atoms with van der Waals surface area (Å²) in [6.07, 6.45) is -3.24. The Morgan fingerprint density at radius 3 is 2.16 bits per heavy atom. The number of hydrogen-bond donors (Lipinski definition) is 2. The lowest BCUT2D eigenvalue weighted by atomic mass is 10.3. The van der Waals surface area contributed by atoms with Crippen molar-refractivity contribution in [1.82, 2.24) is 10.2 Å². The van der Waals surface area contributed by atoms with E-state index in [4.69, 9.17) is 0 Å². The summed E-state index contributed by atoms with van der Waals surface area (Å²) in [5, 5.41) is 11.0. The summed E-state index contributed by atoms with van der Waals surface area (Å²) in [5.74, 6) is 0.00371. The fourth-order valence-electron chi connectivity index (χ4n) is 2.47. The van der Waals surface area contributed by atoms with Crippen molar-refractivity contribution in [2.45, 2.75) is 11.3 Å². The first kappa shape index (κ1) is 22.2. The fourth-order valence-corrected chi connectivity index (χ4v) is 3.52. The molecule has 8 nitrogen and oxygen atoms in total. The van der Waals surface area contributed by atoms with Gasteiger partial charge in [-0.05, 0) is 48.5 Å². The number of aromatic nitrogens is 2. The summed E-state index contributed by atoms with van der Waals surface area (Å²) in [6, 6.07) is 12.1. The predicted molar refractivity (Wildman–Crippen MR) is 110 cm³/mol. The first-order valence-electron chi connectivity index (χ1n) is 8.78. The third kappa shape index (κ3) is 6.22. The van der Waals surface area contributed by atoms with E-state index in [1.54, 1.807) is 24.4 Å². The fraction of sp³-hybridized carbons (Fsp3) is 0.158.